The Bertz CT molecular complexity index is 888. The second-order valence-corrected chi connectivity index (χ2v) is 11.9. The van der Waals surface area contributed by atoms with Crippen molar-refractivity contribution < 1.29 is 4.74 Å². The Morgan fingerprint density at radius 3 is 2.06 bits per heavy atom. The minimum Gasteiger partial charge on any atom is -0.492 e. The van der Waals surface area contributed by atoms with Gasteiger partial charge >= 0.3 is 0 Å². The van der Waals surface area contributed by atoms with E-state index in [1.807, 2.05) is 6.07 Å². The maximum Gasteiger partial charge on any atom is 0.138 e. The molecule has 0 N–H and O–H groups in total. The van der Waals surface area contributed by atoms with Crippen molar-refractivity contribution in [3.05, 3.63) is 28.8 Å². The number of rotatable bonds is 10. The summed E-state index contributed by atoms with van der Waals surface area (Å²) in [6.45, 7) is 5.25. The average molecular weight is 461 g/mol. The summed E-state index contributed by atoms with van der Waals surface area (Å²) in [5.74, 6) is 1.86. The number of ether oxygens (including phenoxy) is 1. The van der Waals surface area contributed by atoms with Crippen LogP contribution in [0.25, 0.3) is 0 Å². The van der Waals surface area contributed by atoms with Gasteiger partial charge in [0.25, 0.3) is 0 Å². The first-order chi connectivity index (χ1) is 16.6. The molecule has 4 aliphatic rings. The van der Waals surface area contributed by atoms with E-state index in [1.54, 1.807) is 0 Å². The van der Waals surface area contributed by atoms with Gasteiger partial charge in [0.1, 0.15) is 23.5 Å². The molecule has 4 saturated carbocycles. The molecule has 0 atom stereocenters. The fourth-order valence-electron chi connectivity index (χ4n) is 7.38. The van der Waals surface area contributed by atoms with Crippen molar-refractivity contribution in [1.82, 2.24) is 0 Å². The van der Waals surface area contributed by atoms with Crippen molar-refractivity contribution in [2.24, 2.45) is 16.7 Å². The van der Waals surface area contributed by atoms with E-state index in [-0.39, 0.29) is 5.41 Å². The fourth-order valence-corrected chi connectivity index (χ4v) is 7.38. The van der Waals surface area contributed by atoms with Gasteiger partial charge in [0.05, 0.1) is 12.2 Å². The van der Waals surface area contributed by atoms with Gasteiger partial charge in [-0.25, -0.2) is 0 Å². The molecule has 1 aromatic carbocycles. The Morgan fingerprint density at radius 2 is 1.47 bits per heavy atom. The molecule has 5 rings (SSSR count). The minimum absolute atomic E-state index is 0.266. The molecular formula is C31H44N2O. The highest BCUT2D eigenvalue weighted by Gasteiger charge is 2.48. The van der Waals surface area contributed by atoms with Crippen LogP contribution in [0.4, 0.5) is 0 Å². The number of nitrogens with zero attached hydrogens (tertiary/aromatic N) is 2. The summed E-state index contributed by atoms with van der Waals surface area (Å²) in [6, 6.07) is 8.81. The lowest BCUT2D eigenvalue weighted by Gasteiger charge is -2.53. The van der Waals surface area contributed by atoms with Gasteiger partial charge in [-0.2, -0.15) is 10.5 Å². The van der Waals surface area contributed by atoms with E-state index < -0.39 is 0 Å². The SMILES string of the molecule is CCCCCC12CCC(COc3ccc([C@H]4CC[C@H](CCC)CC4)c(C#N)c3C#N)(CC1)CC2. The van der Waals surface area contributed by atoms with Crippen molar-refractivity contribution in [3.63, 3.8) is 0 Å². The van der Waals surface area contributed by atoms with E-state index in [4.69, 9.17) is 4.74 Å². The highest BCUT2D eigenvalue weighted by atomic mass is 16.5. The van der Waals surface area contributed by atoms with Crippen LogP contribution in [0.15, 0.2) is 12.1 Å². The summed E-state index contributed by atoms with van der Waals surface area (Å²) in [7, 11) is 0. The molecule has 0 amide bonds. The van der Waals surface area contributed by atoms with E-state index in [2.05, 4.69) is 32.1 Å². The van der Waals surface area contributed by atoms with Crippen LogP contribution in [0, 0.1) is 39.4 Å². The summed E-state index contributed by atoms with van der Waals surface area (Å²) in [5.41, 5.74) is 2.97. The lowest BCUT2D eigenvalue weighted by molar-refractivity contribution is -0.0409. The summed E-state index contributed by atoms with van der Waals surface area (Å²) < 4.78 is 6.38. The molecule has 0 radical (unpaired) electrons. The molecule has 34 heavy (non-hydrogen) atoms. The Kier molecular flexibility index (Phi) is 8.24. The molecule has 2 bridgehead atoms. The van der Waals surface area contributed by atoms with Crippen LogP contribution in [-0.2, 0) is 0 Å². The zero-order chi connectivity index (χ0) is 24.0. The number of hydrogen-bond donors (Lipinski definition) is 0. The number of hydrogen-bond acceptors (Lipinski definition) is 3. The molecule has 0 aliphatic heterocycles. The largest absolute Gasteiger partial charge is 0.492 e. The number of unbranched alkanes of at least 4 members (excludes halogenated alkanes) is 2. The topological polar surface area (TPSA) is 56.8 Å². The van der Waals surface area contributed by atoms with Crippen LogP contribution < -0.4 is 4.74 Å². The molecule has 0 aromatic heterocycles. The van der Waals surface area contributed by atoms with Crippen LogP contribution in [0.2, 0.25) is 0 Å². The first-order valence-corrected chi connectivity index (χ1v) is 14.2. The highest BCUT2D eigenvalue weighted by Crippen LogP contribution is 2.59. The second kappa shape index (κ2) is 11.2. The smallest absolute Gasteiger partial charge is 0.138 e. The van der Waals surface area contributed by atoms with Crippen LogP contribution in [-0.4, -0.2) is 6.61 Å². The zero-order valence-corrected chi connectivity index (χ0v) is 21.6. The molecule has 0 heterocycles. The molecule has 3 nitrogen and oxygen atoms in total. The van der Waals surface area contributed by atoms with Crippen LogP contribution in [0.3, 0.4) is 0 Å². The molecule has 1 aromatic rings. The average Bonchev–Trinajstić information content (AvgIpc) is 2.89. The summed E-state index contributed by atoms with van der Waals surface area (Å²) in [4.78, 5) is 0. The Labute approximate surface area is 207 Å². The maximum absolute atomic E-state index is 10.0. The normalized spacial score (nSPS) is 30.5. The standard InChI is InChI=1S/C31H44N2O/c1-3-5-6-14-30-15-18-31(19-16-30,20-17-30)23-34-29-13-12-26(27(21-32)28(29)22-33)25-10-8-24(7-4-2)9-11-25/h12-13,24-25H,3-11,14-20,23H2,1-2H3/t24-,25-,30?,31?. The predicted molar refractivity (Wildman–Crippen MR) is 138 cm³/mol. The van der Waals surface area contributed by atoms with Gasteiger partial charge in [-0.3, -0.25) is 0 Å². The van der Waals surface area contributed by atoms with Gasteiger partial charge in [-0.15, -0.1) is 0 Å². The number of nitriles is 2. The van der Waals surface area contributed by atoms with Gasteiger partial charge in [-0.1, -0.05) is 52.0 Å². The monoisotopic (exact) mass is 460 g/mol. The molecule has 184 valence electrons. The highest BCUT2D eigenvalue weighted by molar-refractivity contribution is 5.58. The van der Waals surface area contributed by atoms with E-state index in [0.717, 1.165) is 24.3 Å². The Hall–Kier alpha value is -2.00. The van der Waals surface area contributed by atoms with Crippen molar-refractivity contribution in [2.45, 2.75) is 122 Å². The molecule has 0 unspecified atom stereocenters. The maximum atomic E-state index is 10.0. The Morgan fingerprint density at radius 1 is 0.824 bits per heavy atom. The first-order valence-electron chi connectivity index (χ1n) is 14.2. The van der Waals surface area contributed by atoms with E-state index in [9.17, 15) is 10.5 Å². The van der Waals surface area contributed by atoms with Gasteiger partial charge in [0, 0.05) is 5.41 Å². The number of fused-ring (bicyclic) bond motifs is 3. The lowest BCUT2D eigenvalue weighted by atomic mass is 9.53. The molecule has 3 heteroatoms. The second-order valence-electron chi connectivity index (χ2n) is 11.9. The quantitative estimate of drug-likeness (QED) is 0.328. The lowest BCUT2D eigenvalue weighted by Crippen LogP contribution is -2.44. The van der Waals surface area contributed by atoms with Crippen molar-refractivity contribution >= 4 is 0 Å². The van der Waals surface area contributed by atoms with E-state index in [0.29, 0.717) is 34.8 Å². The third-order valence-corrected chi connectivity index (χ3v) is 9.81. The van der Waals surface area contributed by atoms with Crippen LogP contribution >= 0.6 is 0 Å². The molecule has 0 spiro atoms. The van der Waals surface area contributed by atoms with Gasteiger partial charge < -0.3 is 4.74 Å². The summed E-state index contributed by atoms with van der Waals surface area (Å²) >= 11 is 0. The van der Waals surface area contributed by atoms with E-state index >= 15 is 0 Å². The number of benzene rings is 1. The van der Waals surface area contributed by atoms with Gasteiger partial charge in [0.2, 0.25) is 0 Å². The summed E-state index contributed by atoms with van der Waals surface area (Å²) in [5, 5.41) is 20.0. The molecular weight excluding hydrogens is 416 g/mol. The van der Waals surface area contributed by atoms with Crippen LogP contribution in [0.5, 0.6) is 5.75 Å². The molecule has 4 fully saturated rings. The Balaban J connectivity index is 1.41. The third kappa shape index (κ3) is 5.30. The van der Waals surface area contributed by atoms with Crippen molar-refractivity contribution in [2.75, 3.05) is 6.61 Å². The van der Waals surface area contributed by atoms with Crippen molar-refractivity contribution in [3.8, 4) is 17.9 Å². The predicted octanol–water partition coefficient (Wildman–Crippen LogP) is 8.80. The van der Waals surface area contributed by atoms with E-state index in [1.165, 1.54) is 89.9 Å². The molecule has 0 saturated heterocycles. The van der Waals surface area contributed by atoms with Gasteiger partial charge in [-0.05, 0) is 99.5 Å². The van der Waals surface area contributed by atoms with Crippen LogP contribution in [0.1, 0.15) is 139 Å². The van der Waals surface area contributed by atoms with Crippen molar-refractivity contribution in [1.29, 1.82) is 10.5 Å². The molecule has 4 aliphatic carbocycles. The fraction of sp³-hybridized carbons (Fsp3) is 0.742. The first kappa shape index (κ1) is 25.1. The third-order valence-electron chi connectivity index (χ3n) is 9.81. The minimum atomic E-state index is 0.266. The summed E-state index contributed by atoms with van der Waals surface area (Å²) in [6.07, 6.45) is 20.6. The van der Waals surface area contributed by atoms with Gasteiger partial charge in [0.15, 0.2) is 0 Å². The zero-order valence-electron chi connectivity index (χ0n) is 21.6.